The number of halogens is 3. The lowest BCUT2D eigenvalue weighted by Crippen LogP contribution is -2.50. The summed E-state index contributed by atoms with van der Waals surface area (Å²) < 4.78 is 21.4. The fourth-order valence-corrected chi connectivity index (χ4v) is 5.60. The first-order valence-corrected chi connectivity index (χ1v) is 12.3. The third-order valence-corrected chi connectivity index (χ3v) is 6.96. The molecule has 0 unspecified atom stereocenters. The molecule has 0 amide bonds. The number of nitrogens with two attached hydrogens (primary N) is 1. The van der Waals surface area contributed by atoms with Crippen LogP contribution >= 0.6 is 23.2 Å². The average Bonchev–Trinajstić information content (AvgIpc) is 3.00. The van der Waals surface area contributed by atoms with Crippen LogP contribution in [0.25, 0.3) is 0 Å². The smallest absolute Gasteiger partial charge is 0.324 e. The Kier molecular flexibility index (Phi) is 7.74. The molecule has 0 radical (unpaired) electrons. The molecule has 2 aromatic rings. The highest BCUT2D eigenvalue weighted by Crippen LogP contribution is 2.53. The van der Waals surface area contributed by atoms with Gasteiger partial charge in [-0.25, -0.2) is 4.39 Å². The van der Waals surface area contributed by atoms with E-state index in [-0.39, 0.29) is 18.0 Å². The van der Waals surface area contributed by atoms with Crippen molar-refractivity contribution < 1.29 is 13.9 Å². The monoisotopic (exact) mass is 508 g/mol. The minimum Gasteiger partial charge on any atom is -0.459 e. The maximum atomic E-state index is 15.6. The first kappa shape index (κ1) is 26.9. The van der Waals surface area contributed by atoms with Crippen LogP contribution in [0.3, 0.4) is 0 Å². The maximum Gasteiger partial charge on any atom is 0.324 e. The number of ether oxygens (including phenoxy) is 1. The van der Waals surface area contributed by atoms with E-state index >= 15 is 4.39 Å². The highest BCUT2D eigenvalue weighted by atomic mass is 35.5. The van der Waals surface area contributed by atoms with Gasteiger partial charge in [-0.15, -0.1) is 0 Å². The fraction of sp³-hybridized carbons (Fsp3) is 0.519. The Labute approximate surface area is 212 Å². The summed E-state index contributed by atoms with van der Waals surface area (Å²) in [6.45, 7) is 11.9. The summed E-state index contributed by atoms with van der Waals surface area (Å²) in [5.41, 5.74) is 5.89. The van der Waals surface area contributed by atoms with Crippen LogP contribution in [0.2, 0.25) is 10.0 Å². The van der Waals surface area contributed by atoms with E-state index < -0.39 is 34.8 Å². The third kappa shape index (κ3) is 5.43. The Bertz CT molecular complexity index is 1050. The van der Waals surface area contributed by atoms with Gasteiger partial charge < -0.3 is 15.8 Å². The van der Waals surface area contributed by atoms with Crippen LogP contribution in [-0.4, -0.2) is 30.2 Å². The van der Waals surface area contributed by atoms with Gasteiger partial charge in [0.05, 0.1) is 0 Å². The van der Waals surface area contributed by atoms with Gasteiger partial charge in [0.2, 0.25) is 0 Å². The van der Waals surface area contributed by atoms with Gasteiger partial charge in [0.1, 0.15) is 17.5 Å². The number of carbonyl (C=O) groups is 1. The van der Waals surface area contributed by atoms with Crippen molar-refractivity contribution in [2.75, 3.05) is 6.54 Å². The second-order valence-electron chi connectivity index (χ2n) is 11.4. The molecule has 3 rings (SSSR count). The fourth-order valence-electron chi connectivity index (χ4n) is 5.18. The predicted molar refractivity (Wildman–Crippen MR) is 137 cm³/mol. The minimum absolute atomic E-state index is 0.0918. The van der Waals surface area contributed by atoms with Crippen molar-refractivity contribution in [2.45, 2.75) is 77.0 Å². The zero-order valence-corrected chi connectivity index (χ0v) is 22.2. The quantitative estimate of drug-likeness (QED) is 0.469. The minimum atomic E-state index is -0.978. The van der Waals surface area contributed by atoms with E-state index in [1.807, 2.05) is 39.0 Å². The molecule has 0 spiro atoms. The highest BCUT2D eigenvalue weighted by molar-refractivity contribution is 6.31. The summed E-state index contributed by atoms with van der Waals surface area (Å²) in [5, 5.41) is 4.30. The summed E-state index contributed by atoms with van der Waals surface area (Å²) in [5.74, 6) is -1.44. The van der Waals surface area contributed by atoms with Gasteiger partial charge in [0.15, 0.2) is 0 Å². The molecule has 3 N–H and O–H groups in total. The summed E-state index contributed by atoms with van der Waals surface area (Å²) in [6, 6.07) is 10.9. The molecule has 1 fully saturated rings. The molecule has 0 aliphatic carbocycles. The maximum absolute atomic E-state index is 15.6. The molecular weight excluding hydrogens is 474 g/mol. The van der Waals surface area contributed by atoms with Crippen LogP contribution in [0.5, 0.6) is 0 Å². The molecular formula is C27H35Cl2FN2O2. The molecule has 1 aliphatic rings. The molecule has 1 saturated heterocycles. The van der Waals surface area contributed by atoms with Crippen molar-refractivity contribution in [1.82, 2.24) is 5.32 Å². The van der Waals surface area contributed by atoms with E-state index in [1.54, 1.807) is 18.2 Å². The lowest BCUT2D eigenvalue weighted by Gasteiger charge is -2.42. The van der Waals surface area contributed by atoms with Crippen LogP contribution in [0, 0.1) is 11.2 Å². The third-order valence-electron chi connectivity index (χ3n) is 6.38. The van der Waals surface area contributed by atoms with Crippen molar-refractivity contribution >= 4 is 29.2 Å². The Morgan fingerprint density at radius 3 is 2.29 bits per heavy atom. The van der Waals surface area contributed by atoms with Gasteiger partial charge in [0, 0.05) is 34.0 Å². The lowest BCUT2D eigenvalue weighted by atomic mass is 9.62. The van der Waals surface area contributed by atoms with E-state index in [2.05, 4.69) is 26.1 Å². The first-order chi connectivity index (χ1) is 15.7. The molecule has 4 atom stereocenters. The number of benzene rings is 2. The summed E-state index contributed by atoms with van der Waals surface area (Å²) in [4.78, 5) is 13.6. The van der Waals surface area contributed by atoms with Crippen LogP contribution in [-0.2, 0) is 14.9 Å². The van der Waals surface area contributed by atoms with Crippen LogP contribution < -0.4 is 11.1 Å². The molecule has 4 nitrogen and oxygen atoms in total. The number of hydrogen-bond donors (Lipinski definition) is 2. The lowest BCUT2D eigenvalue weighted by molar-refractivity contribution is -0.157. The zero-order chi connectivity index (χ0) is 25.5. The molecule has 7 heteroatoms. The Hall–Kier alpha value is -1.66. The number of nitrogens with one attached hydrogen (secondary N) is 1. The average molecular weight is 509 g/mol. The van der Waals surface area contributed by atoms with E-state index in [1.165, 1.54) is 6.07 Å². The van der Waals surface area contributed by atoms with Crippen molar-refractivity contribution in [3.05, 3.63) is 69.5 Å². The van der Waals surface area contributed by atoms with E-state index in [4.69, 9.17) is 33.7 Å². The number of esters is 1. The first-order valence-electron chi connectivity index (χ1n) is 11.6. The Balaban J connectivity index is 2.32. The van der Waals surface area contributed by atoms with Gasteiger partial charge in [-0.1, -0.05) is 68.2 Å². The summed E-state index contributed by atoms with van der Waals surface area (Å²) in [7, 11) is 0. The molecule has 186 valence electrons. The highest BCUT2D eigenvalue weighted by Gasteiger charge is 2.60. The van der Waals surface area contributed by atoms with Crippen LogP contribution in [0.15, 0.2) is 42.5 Å². The second kappa shape index (κ2) is 9.77. The molecule has 34 heavy (non-hydrogen) atoms. The van der Waals surface area contributed by atoms with Gasteiger partial charge in [-0.3, -0.25) is 4.79 Å². The SMILES string of the molecule is CC(C)(C)C[C@@H]1N[C@@H](C(=O)OC(C)(C)C)[C@@H](c2ccccc2Cl)[C@@]1(CN)c1ccc(Cl)cc1F. The van der Waals surface area contributed by atoms with Gasteiger partial charge in [-0.2, -0.15) is 0 Å². The molecule has 1 aliphatic heterocycles. The summed E-state index contributed by atoms with van der Waals surface area (Å²) in [6.07, 6.45) is 0.645. The molecule has 2 aromatic carbocycles. The number of carbonyl (C=O) groups excluding carboxylic acids is 1. The second-order valence-corrected chi connectivity index (χ2v) is 12.2. The van der Waals surface area contributed by atoms with Crippen LogP contribution in [0.4, 0.5) is 4.39 Å². The zero-order valence-electron chi connectivity index (χ0n) is 20.7. The van der Waals surface area contributed by atoms with Crippen molar-refractivity contribution in [3.63, 3.8) is 0 Å². The number of hydrogen-bond acceptors (Lipinski definition) is 4. The van der Waals surface area contributed by atoms with E-state index in [0.29, 0.717) is 22.0 Å². The Morgan fingerprint density at radius 2 is 1.76 bits per heavy atom. The van der Waals surface area contributed by atoms with Gasteiger partial charge >= 0.3 is 5.97 Å². The normalized spacial score (nSPS) is 25.4. The van der Waals surface area contributed by atoms with Crippen LogP contribution in [0.1, 0.15) is 65.0 Å². The largest absolute Gasteiger partial charge is 0.459 e. The van der Waals surface area contributed by atoms with Crippen molar-refractivity contribution in [3.8, 4) is 0 Å². The van der Waals surface area contributed by atoms with Gasteiger partial charge in [0.25, 0.3) is 0 Å². The van der Waals surface area contributed by atoms with Crippen molar-refractivity contribution in [2.24, 2.45) is 11.1 Å². The van der Waals surface area contributed by atoms with Gasteiger partial charge in [-0.05, 0) is 61.9 Å². The summed E-state index contributed by atoms with van der Waals surface area (Å²) >= 11 is 12.8. The van der Waals surface area contributed by atoms with E-state index in [0.717, 1.165) is 5.56 Å². The molecule has 1 heterocycles. The predicted octanol–water partition coefficient (Wildman–Crippen LogP) is 6.23. The molecule has 0 aromatic heterocycles. The number of rotatable bonds is 5. The van der Waals surface area contributed by atoms with E-state index in [9.17, 15) is 4.79 Å². The Morgan fingerprint density at radius 1 is 1.12 bits per heavy atom. The van der Waals surface area contributed by atoms with Crippen molar-refractivity contribution in [1.29, 1.82) is 0 Å². The standard InChI is InChI=1S/C27H35Cl2FN2O2/c1-25(2,3)14-21-27(15-31,18-12-11-16(28)13-20(18)30)22(17-9-7-8-10-19(17)29)23(32-21)24(33)34-26(4,5)6/h7-13,21-23,32H,14-15,31H2,1-6H3/t21-,22+,23+,27-/m0/s1. The molecule has 0 bridgehead atoms. The molecule has 0 saturated carbocycles. The topological polar surface area (TPSA) is 64.3 Å².